The lowest BCUT2D eigenvalue weighted by Crippen LogP contribution is -2.14. The Labute approximate surface area is 153 Å². The van der Waals surface area contributed by atoms with E-state index >= 15 is 0 Å². The quantitative estimate of drug-likeness (QED) is 0.540. The van der Waals surface area contributed by atoms with Gasteiger partial charge in [-0.25, -0.2) is 4.98 Å². The molecule has 0 aliphatic carbocycles. The number of amides is 1. The molecule has 1 amide bonds. The number of nitro benzene ring substituents is 1. The second kappa shape index (κ2) is 7.09. The number of aromatic nitrogens is 1. The molecule has 0 atom stereocenters. The summed E-state index contributed by atoms with van der Waals surface area (Å²) >= 11 is 1.18. The molecule has 0 aliphatic heterocycles. The molecule has 134 valence electrons. The first-order chi connectivity index (χ1) is 12.4. The molecule has 7 nitrogen and oxygen atoms in total. The normalized spacial score (nSPS) is 10.7. The number of thiazole rings is 1. The third-order valence-corrected chi connectivity index (χ3v) is 4.90. The van der Waals surface area contributed by atoms with E-state index < -0.39 is 4.92 Å². The van der Waals surface area contributed by atoms with Crippen LogP contribution in [0.3, 0.4) is 0 Å². The maximum atomic E-state index is 12.4. The van der Waals surface area contributed by atoms with Crippen LogP contribution in [0.25, 0.3) is 10.2 Å². The van der Waals surface area contributed by atoms with Crippen molar-refractivity contribution in [3.05, 3.63) is 57.1 Å². The van der Waals surface area contributed by atoms with E-state index in [9.17, 15) is 14.9 Å². The minimum Gasteiger partial charge on any atom is -0.494 e. The standard InChI is InChI=1S/C18H17N3O4S/c1-10-4-5-11(2)12(6-10)7-16(22)19-18-20-17-14(25-3)8-13(21(23)24)9-15(17)26-18/h4-6,8-9H,7H2,1-3H3,(H,19,20,22). The van der Waals surface area contributed by atoms with Gasteiger partial charge in [0.15, 0.2) is 10.9 Å². The summed E-state index contributed by atoms with van der Waals surface area (Å²) in [5.74, 6) is 0.117. The molecular formula is C18H17N3O4S. The summed E-state index contributed by atoms with van der Waals surface area (Å²) in [6.07, 6.45) is 0.237. The number of anilines is 1. The van der Waals surface area contributed by atoms with Crippen molar-refractivity contribution in [2.75, 3.05) is 12.4 Å². The molecule has 0 bridgehead atoms. The zero-order valence-corrected chi connectivity index (χ0v) is 15.3. The summed E-state index contributed by atoms with van der Waals surface area (Å²) in [6.45, 7) is 3.94. The lowest BCUT2D eigenvalue weighted by atomic mass is 10.0. The second-order valence-electron chi connectivity index (χ2n) is 5.93. The minimum atomic E-state index is -0.486. The van der Waals surface area contributed by atoms with Gasteiger partial charge in [0.05, 0.1) is 29.2 Å². The van der Waals surface area contributed by atoms with Crippen molar-refractivity contribution in [2.45, 2.75) is 20.3 Å². The van der Waals surface area contributed by atoms with Crippen LogP contribution in [0.5, 0.6) is 5.75 Å². The molecule has 1 aromatic heterocycles. The number of nitrogens with one attached hydrogen (secondary N) is 1. The topological polar surface area (TPSA) is 94.4 Å². The first kappa shape index (κ1) is 17.8. The average molecular weight is 371 g/mol. The van der Waals surface area contributed by atoms with Gasteiger partial charge in [-0.3, -0.25) is 14.9 Å². The van der Waals surface area contributed by atoms with Gasteiger partial charge in [0.1, 0.15) is 5.52 Å². The molecule has 26 heavy (non-hydrogen) atoms. The van der Waals surface area contributed by atoms with Crippen molar-refractivity contribution >= 4 is 38.3 Å². The number of carbonyl (C=O) groups is 1. The SMILES string of the molecule is COc1cc([N+](=O)[O-])cc2sc(NC(=O)Cc3cc(C)ccc3C)nc12. The average Bonchev–Trinajstić information content (AvgIpc) is 2.99. The summed E-state index contributed by atoms with van der Waals surface area (Å²) < 4.78 is 5.77. The molecule has 1 heterocycles. The van der Waals surface area contributed by atoms with Crippen LogP contribution in [0.15, 0.2) is 30.3 Å². The van der Waals surface area contributed by atoms with Crippen molar-refractivity contribution < 1.29 is 14.5 Å². The van der Waals surface area contributed by atoms with Crippen molar-refractivity contribution in [3.8, 4) is 5.75 Å². The predicted octanol–water partition coefficient (Wildman–Crippen LogP) is 4.01. The Morgan fingerprint density at radius 3 is 2.77 bits per heavy atom. The lowest BCUT2D eigenvalue weighted by Gasteiger charge is -2.06. The largest absolute Gasteiger partial charge is 0.494 e. The number of methoxy groups -OCH3 is 1. The molecule has 0 unspecified atom stereocenters. The van der Waals surface area contributed by atoms with E-state index in [0.717, 1.165) is 16.7 Å². The van der Waals surface area contributed by atoms with E-state index in [1.54, 1.807) is 0 Å². The van der Waals surface area contributed by atoms with Crippen LogP contribution in [0.4, 0.5) is 10.8 Å². The van der Waals surface area contributed by atoms with Gasteiger partial charge >= 0.3 is 0 Å². The Morgan fingerprint density at radius 1 is 1.31 bits per heavy atom. The van der Waals surface area contributed by atoms with Gasteiger partial charge in [0, 0.05) is 6.07 Å². The number of carbonyl (C=O) groups excluding carboxylic acids is 1. The monoisotopic (exact) mass is 371 g/mol. The number of benzene rings is 2. The third-order valence-electron chi connectivity index (χ3n) is 3.98. The Hall–Kier alpha value is -3.00. The highest BCUT2D eigenvalue weighted by Crippen LogP contribution is 2.36. The molecule has 0 radical (unpaired) electrons. The Morgan fingerprint density at radius 2 is 2.08 bits per heavy atom. The van der Waals surface area contributed by atoms with Crippen molar-refractivity contribution in [1.82, 2.24) is 4.98 Å². The molecule has 3 aromatic rings. The Kier molecular flexibility index (Phi) is 4.85. The molecule has 8 heteroatoms. The first-order valence-electron chi connectivity index (χ1n) is 7.86. The van der Waals surface area contributed by atoms with E-state index in [-0.39, 0.29) is 18.0 Å². The number of nitro groups is 1. The molecule has 0 spiro atoms. The maximum absolute atomic E-state index is 12.4. The van der Waals surface area contributed by atoms with E-state index in [1.165, 1.54) is 30.6 Å². The van der Waals surface area contributed by atoms with Crippen LogP contribution in [-0.4, -0.2) is 22.9 Å². The molecule has 0 aliphatic rings. The van der Waals surface area contributed by atoms with Gasteiger partial charge in [0.2, 0.25) is 5.91 Å². The lowest BCUT2D eigenvalue weighted by molar-refractivity contribution is -0.384. The fourth-order valence-corrected chi connectivity index (χ4v) is 3.56. The van der Waals surface area contributed by atoms with Crippen LogP contribution in [-0.2, 0) is 11.2 Å². The highest BCUT2D eigenvalue weighted by Gasteiger charge is 2.17. The number of non-ortho nitro benzene ring substituents is 1. The minimum absolute atomic E-state index is 0.0775. The zero-order valence-electron chi connectivity index (χ0n) is 14.5. The number of nitrogens with zero attached hydrogens (tertiary/aromatic N) is 2. The van der Waals surface area contributed by atoms with E-state index in [1.807, 2.05) is 32.0 Å². The molecule has 1 N–H and O–H groups in total. The molecule has 0 saturated heterocycles. The summed E-state index contributed by atoms with van der Waals surface area (Å²) in [7, 11) is 1.43. The summed E-state index contributed by atoms with van der Waals surface area (Å²) in [5.41, 5.74) is 3.51. The van der Waals surface area contributed by atoms with Gasteiger partial charge in [-0.15, -0.1) is 0 Å². The van der Waals surface area contributed by atoms with Crippen molar-refractivity contribution in [3.63, 3.8) is 0 Å². The molecule has 0 saturated carbocycles. The molecule has 0 fully saturated rings. The van der Waals surface area contributed by atoms with E-state index in [0.29, 0.717) is 21.1 Å². The van der Waals surface area contributed by atoms with Crippen LogP contribution in [0, 0.1) is 24.0 Å². The fraction of sp³-hybridized carbons (Fsp3) is 0.222. The third kappa shape index (κ3) is 3.65. The number of fused-ring (bicyclic) bond motifs is 1. The van der Waals surface area contributed by atoms with Crippen LogP contribution in [0.1, 0.15) is 16.7 Å². The zero-order chi connectivity index (χ0) is 18.8. The fourth-order valence-electron chi connectivity index (χ4n) is 2.63. The van der Waals surface area contributed by atoms with Gasteiger partial charge in [-0.2, -0.15) is 0 Å². The Balaban J connectivity index is 1.85. The highest BCUT2D eigenvalue weighted by molar-refractivity contribution is 7.22. The number of ether oxygens (including phenoxy) is 1. The van der Waals surface area contributed by atoms with Gasteiger partial charge in [-0.1, -0.05) is 35.1 Å². The Bertz CT molecular complexity index is 1010. The molecule has 2 aromatic carbocycles. The summed E-state index contributed by atoms with van der Waals surface area (Å²) in [6, 6.07) is 8.72. The maximum Gasteiger partial charge on any atom is 0.274 e. The van der Waals surface area contributed by atoms with Gasteiger partial charge in [0.25, 0.3) is 5.69 Å². The molecule has 3 rings (SSSR count). The van der Waals surface area contributed by atoms with E-state index in [2.05, 4.69) is 10.3 Å². The summed E-state index contributed by atoms with van der Waals surface area (Å²) in [4.78, 5) is 27.3. The van der Waals surface area contributed by atoms with Gasteiger partial charge < -0.3 is 10.1 Å². The van der Waals surface area contributed by atoms with Crippen molar-refractivity contribution in [2.24, 2.45) is 0 Å². The first-order valence-corrected chi connectivity index (χ1v) is 8.68. The van der Waals surface area contributed by atoms with Crippen molar-refractivity contribution in [1.29, 1.82) is 0 Å². The number of rotatable bonds is 5. The van der Waals surface area contributed by atoms with Crippen LogP contribution >= 0.6 is 11.3 Å². The van der Waals surface area contributed by atoms with Crippen LogP contribution < -0.4 is 10.1 Å². The van der Waals surface area contributed by atoms with E-state index in [4.69, 9.17) is 4.74 Å². The number of hydrogen-bond acceptors (Lipinski definition) is 6. The van der Waals surface area contributed by atoms with Gasteiger partial charge in [-0.05, 0) is 25.0 Å². The number of aryl methyl sites for hydroxylation is 2. The molecular weight excluding hydrogens is 354 g/mol. The predicted molar refractivity (Wildman–Crippen MR) is 101 cm³/mol. The summed E-state index contributed by atoms with van der Waals surface area (Å²) in [5, 5.41) is 14.2. The van der Waals surface area contributed by atoms with Crippen LogP contribution in [0.2, 0.25) is 0 Å². The smallest absolute Gasteiger partial charge is 0.274 e. The number of hydrogen-bond donors (Lipinski definition) is 1. The second-order valence-corrected chi connectivity index (χ2v) is 6.96. The highest BCUT2D eigenvalue weighted by atomic mass is 32.1.